The van der Waals surface area contributed by atoms with E-state index in [4.69, 9.17) is 9.47 Å². The number of hydrogen-bond acceptors (Lipinski definition) is 4. The molecular weight excluding hydrogens is 228 g/mol. The van der Waals surface area contributed by atoms with E-state index in [1.54, 1.807) is 0 Å². The maximum atomic E-state index is 5.39. The Labute approximate surface area is 108 Å². The van der Waals surface area contributed by atoms with Gasteiger partial charge in [0.1, 0.15) is 0 Å². The van der Waals surface area contributed by atoms with Gasteiger partial charge in [0.15, 0.2) is 11.5 Å². The molecule has 98 valence electrons. The first-order valence-corrected chi connectivity index (χ1v) is 6.73. The number of rotatable bonds is 3. The predicted molar refractivity (Wildman–Crippen MR) is 71.3 cm³/mol. The van der Waals surface area contributed by atoms with E-state index >= 15 is 0 Å². The van der Waals surface area contributed by atoms with Crippen molar-refractivity contribution in [2.75, 3.05) is 31.7 Å². The molecule has 2 aliphatic heterocycles. The summed E-state index contributed by atoms with van der Waals surface area (Å²) < 4.78 is 10.7. The molecular formula is C14H20N2O2. The predicted octanol–water partition coefficient (Wildman–Crippen LogP) is 2.31. The van der Waals surface area contributed by atoms with E-state index in [9.17, 15) is 0 Å². The van der Waals surface area contributed by atoms with Crippen LogP contribution in [0.25, 0.3) is 0 Å². The lowest BCUT2D eigenvalue weighted by Crippen LogP contribution is -2.38. The van der Waals surface area contributed by atoms with Crippen molar-refractivity contribution in [2.45, 2.75) is 25.8 Å². The summed E-state index contributed by atoms with van der Waals surface area (Å²) in [5.74, 6) is 1.70. The zero-order valence-corrected chi connectivity index (χ0v) is 10.8. The lowest BCUT2D eigenvalue weighted by Gasteiger charge is -2.32. The fourth-order valence-electron chi connectivity index (χ4n) is 2.62. The Balaban J connectivity index is 1.60. The van der Waals surface area contributed by atoms with Crippen molar-refractivity contribution in [3.63, 3.8) is 0 Å². The molecule has 2 heterocycles. The quantitative estimate of drug-likeness (QED) is 0.890. The van der Waals surface area contributed by atoms with Gasteiger partial charge in [-0.2, -0.15) is 0 Å². The van der Waals surface area contributed by atoms with Crippen molar-refractivity contribution in [2.24, 2.45) is 0 Å². The number of anilines is 1. The molecule has 1 aromatic rings. The van der Waals surface area contributed by atoms with Crippen molar-refractivity contribution >= 4 is 5.69 Å². The number of piperidine rings is 1. The van der Waals surface area contributed by atoms with E-state index in [0.717, 1.165) is 23.7 Å². The van der Waals surface area contributed by atoms with E-state index in [1.165, 1.54) is 25.9 Å². The number of hydrogen-bond donors (Lipinski definition) is 1. The van der Waals surface area contributed by atoms with Crippen LogP contribution in [0.15, 0.2) is 18.2 Å². The van der Waals surface area contributed by atoms with Gasteiger partial charge in [0.05, 0.1) is 0 Å². The van der Waals surface area contributed by atoms with Crippen molar-refractivity contribution in [3.05, 3.63) is 18.2 Å². The molecule has 0 unspecified atom stereocenters. The van der Waals surface area contributed by atoms with E-state index in [2.05, 4.69) is 23.2 Å². The van der Waals surface area contributed by atoms with Gasteiger partial charge in [0.2, 0.25) is 6.79 Å². The Kier molecular flexibility index (Phi) is 3.28. The normalized spacial score (nSPS) is 20.1. The van der Waals surface area contributed by atoms with Gasteiger partial charge < -0.3 is 19.7 Å². The molecule has 2 aliphatic rings. The Morgan fingerprint density at radius 1 is 1.22 bits per heavy atom. The van der Waals surface area contributed by atoms with Crippen LogP contribution in [0, 0.1) is 0 Å². The molecule has 0 spiro atoms. The first-order chi connectivity index (χ1) is 8.85. The Hall–Kier alpha value is -1.42. The molecule has 0 radical (unpaired) electrons. The van der Waals surface area contributed by atoms with Crippen molar-refractivity contribution in [1.82, 2.24) is 4.90 Å². The molecule has 0 bridgehead atoms. The molecule has 1 N–H and O–H groups in total. The molecule has 1 fully saturated rings. The van der Waals surface area contributed by atoms with Gasteiger partial charge in [0.25, 0.3) is 0 Å². The number of nitrogens with one attached hydrogen (secondary N) is 1. The lowest BCUT2D eigenvalue weighted by molar-refractivity contribution is 0.174. The average Bonchev–Trinajstić information content (AvgIpc) is 2.87. The number of benzene rings is 1. The second-order valence-electron chi connectivity index (χ2n) is 4.92. The highest BCUT2D eigenvalue weighted by Crippen LogP contribution is 2.34. The molecule has 0 aliphatic carbocycles. The minimum Gasteiger partial charge on any atom is -0.454 e. The standard InChI is InChI=1S/C14H20N2O2/c1-2-16-7-5-11(6-8-16)15-12-3-4-13-14(9-12)18-10-17-13/h3-4,9,11,15H,2,5-8,10H2,1H3. The van der Waals surface area contributed by atoms with Crippen LogP contribution in [0.2, 0.25) is 0 Å². The first-order valence-electron chi connectivity index (χ1n) is 6.73. The van der Waals surface area contributed by atoms with Crippen LogP contribution in [0.1, 0.15) is 19.8 Å². The van der Waals surface area contributed by atoms with Gasteiger partial charge in [0, 0.05) is 30.9 Å². The van der Waals surface area contributed by atoms with Crippen LogP contribution in [0.4, 0.5) is 5.69 Å². The van der Waals surface area contributed by atoms with Crippen LogP contribution in [0.3, 0.4) is 0 Å². The van der Waals surface area contributed by atoms with E-state index in [0.29, 0.717) is 12.8 Å². The Bertz CT molecular complexity index is 414. The van der Waals surface area contributed by atoms with E-state index < -0.39 is 0 Å². The molecule has 0 aromatic heterocycles. The molecule has 4 nitrogen and oxygen atoms in total. The SMILES string of the molecule is CCN1CCC(Nc2ccc3c(c2)OCO3)CC1. The molecule has 1 saturated heterocycles. The molecule has 0 amide bonds. The molecule has 4 heteroatoms. The largest absolute Gasteiger partial charge is 0.454 e. The third-order valence-corrected chi connectivity index (χ3v) is 3.78. The highest BCUT2D eigenvalue weighted by molar-refractivity contribution is 5.56. The van der Waals surface area contributed by atoms with Crippen LogP contribution in [-0.4, -0.2) is 37.4 Å². The summed E-state index contributed by atoms with van der Waals surface area (Å²) in [7, 11) is 0. The van der Waals surface area contributed by atoms with Crippen LogP contribution < -0.4 is 14.8 Å². The molecule has 18 heavy (non-hydrogen) atoms. The fourth-order valence-corrected chi connectivity index (χ4v) is 2.62. The maximum Gasteiger partial charge on any atom is 0.231 e. The smallest absolute Gasteiger partial charge is 0.231 e. The van der Waals surface area contributed by atoms with E-state index in [-0.39, 0.29) is 0 Å². The Morgan fingerprint density at radius 2 is 2.00 bits per heavy atom. The Morgan fingerprint density at radius 3 is 2.78 bits per heavy atom. The molecule has 3 rings (SSSR count). The number of ether oxygens (including phenoxy) is 2. The van der Waals surface area contributed by atoms with E-state index in [1.807, 2.05) is 12.1 Å². The van der Waals surface area contributed by atoms with Crippen LogP contribution in [-0.2, 0) is 0 Å². The molecule has 1 aromatic carbocycles. The highest BCUT2D eigenvalue weighted by atomic mass is 16.7. The van der Waals surface area contributed by atoms with Crippen molar-refractivity contribution in [1.29, 1.82) is 0 Å². The zero-order valence-electron chi connectivity index (χ0n) is 10.8. The lowest BCUT2D eigenvalue weighted by atomic mass is 10.0. The molecule has 0 atom stereocenters. The third-order valence-electron chi connectivity index (χ3n) is 3.78. The summed E-state index contributed by atoms with van der Waals surface area (Å²) in [5, 5.41) is 3.59. The van der Waals surface area contributed by atoms with Crippen LogP contribution in [0.5, 0.6) is 11.5 Å². The number of fused-ring (bicyclic) bond motifs is 1. The van der Waals surface area contributed by atoms with Crippen molar-refractivity contribution in [3.8, 4) is 11.5 Å². The van der Waals surface area contributed by atoms with Gasteiger partial charge in [-0.3, -0.25) is 0 Å². The second kappa shape index (κ2) is 5.06. The summed E-state index contributed by atoms with van der Waals surface area (Å²) in [4.78, 5) is 2.50. The summed E-state index contributed by atoms with van der Waals surface area (Å²) in [6.07, 6.45) is 2.42. The minimum absolute atomic E-state index is 0.341. The second-order valence-corrected chi connectivity index (χ2v) is 4.92. The monoisotopic (exact) mass is 248 g/mol. The summed E-state index contributed by atoms with van der Waals surface area (Å²) >= 11 is 0. The first kappa shape index (κ1) is 11.7. The van der Waals surface area contributed by atoms with Crippen molar-refractivity contribution < 1.29 is 9.47 Å². The summed E-state index contributed by atoms with van der Waals surface area (Å²) in [6, 6.07) is 6.66. The topological polar surface area (TPSA) is 33.7 Å². The summed E-state index contributed by atoms with van der Waals surface area (Å²) in [5.41, 5.74) is 1.13. The minimum atomic E-state index is 0.341. The fraction of sp³-hybridized carbons (Fsp3) is 0.571. The van der Waals surface area contributed by atoms with Crippen LogP contribution >= 0.6 is 0 Å². The highest BCUT2D eigenvalue weighted by Gasteiger charge is 2.19. The third kappa shape index (κ3) is 2.38. The maximum absolute atomic E-state index is 5.39. The zero-order chi connectivity index (χ0) is 12.4. The van der Waals surface area contributed by atoms with Gasteiger partial charge in [-0.25, -0.2) is 0 Å². The van der Waals surface area contributed by atoms with Gasteiger partial charge in [-0.1, -0.05) is 6.92 Å². The number of nitrogens with zero attached hydrogens (tertiary/aromatic N) is 1. The van der Waals surface area contributed by atoms with Gasteiger partial charge in [-0.05, 0) is 31.5 Å². The number of likely N-dealkylation sites (tertiary alicyclic amines) is 1. The van der Waals surface area contributed by atoms with Gasteiger partial charge in [-0.15, -0.1) is 0 Å². The summed E-state index contributed by atoms with van der Waals surface area (Å²) in [6.45, 7) is 6.12. The average molecular weight is 248 g/mol. The van der Waals surface area contributed by atoms with Gasteiger partial charge >= 0.3 is 0 Å². The molecule has 0 saturated carbocycles.